The van der Waals surface area contributed by atoms with E-state index in [1.165, 1.54) is 11.1 Å². The Hall–Kier alpha value is -1.54. The van der Waals surface area contributed by atoms with Crippen LogP contribution in [0.3, 0.4) is 0 Å². The highest BCUT2D eigenvalue weighted by atomic mass is 16.3. The average molecular weight is 243 g/mol. The molecule has 0 saturated carbocycles. The van der Waals surface area contributed by atoms with Crippen molar-refractivity contribution in [2.75, 3.05) is 13.1 Å². The largest absolute Gasteiger partial charge is 0.472 e. The summed E-state index contributed by atoms with van der Waals surface area (Å²) in [5, 5.41) is 3.45. The van der Waals surface area contributed by atoms with Crippen LogP contribution in [0.25, 0.3) is 0 Å². The van der Waals surface area contributed by atoms with Crippen molar-refractivity contribution in [3.8, 4) is 0 Å². The summed E-state index contributed by atoms with van der Waals surface area (Å²) in [6.45, 7) is 4.23. The van der Waals surface area contributed by atoms with E-state index >= 15 is 0 Å². The summed E-state index contributed by atoms with van der Waals surface area (Å²) in [6, 6.07) is 12.8. The molecule has 0 aliphatic rings. The molecule has 2 aromatic rings. The Morgan fingerprint density at radius 1 is 1.06 bits per heavy atom. The van der Waals surface area contributed by atoms with Crippen molar-refractivity contribution in [3.63, 3.8) is 0 Å². The zero-order chi connectivity index (χ0) is 12.6. The maximum atomic E-state index is 5.15. The Kier molecular flexibility index (Phi) is 5.03. The van der Waals surface area contributed by atoms with Crippen molar-refractivity contribution in [2.45, 2.75) is 19.8 Å². The van der Waals surface area contributed by atoms with Crippen LogP contribution < -0.4 is 5.32 Å². The maximum absolute atomic E-state index is 5.15. The molecular formula is C16H21NO. The molecule has 0 aliphatic heterocycles. The minimum absolute atomic E-state index is 0.616. The van der Waals surface area contributed by atoms with E-state index in [9.17, 15) is 0 Å². The summed E-state index contributed by atoms with van der Waals surface area (Å²) >= 11 is 0. The Morgan fingerprint density at radius 2 is 1.83 bits per heavy atom. The maximum Gasteiger partial charge on any atom is 0.0934 e. The molecule has 0 saturated heterocycles. The Labute approximate surface area is 109 Å². The first kappa shape index (κ1) is 12.9. The van der Waals surface area contributed by atoms with Gasteiger partial charge < -0.3 is 9.73 Å². The van der Waals surface area contributed by atoms with Gasteiger partial charge >= 0.3 is 0 Å². The van der Waals surface area contributed by atoms with Crippen molar-refractivity contribution in [3.05, 3.63) is 60.1 Å². The molecule has 0 spiro atoms. The predicted molar refractivity (Wildman–Crippen MR) is 74.6 cm³/mol. The highest BCUT2D eigenvalue weighted by Crippen LogP contribution is 2.14. The normalized spacial score (nSPS) is 12.5. The molecule has 1 unspecified atom stereocenters. The van der Waals surface area contributed by atoms with E-state index in [-0.39, 0.29) is 0 Å². The van der Waals surface area contributed by atoms with Gasteiger partial charge in [0.25, 0.3) is 0 Å². The second-order valence-electron chi connectivity index (χ2n) is 4.70. The SMILES string of the molecule is CCNCC(Cc1ccccc1)Cc1ccoc1. The van der Waals surface area contributed by atoms with E-state index in [2.05, 4.69) is 48.6 Å². The number of hydrogen-bond donors (Lipinski definition) is 1. The smallest absolute Gasteiger partial charge is 0.0934 e. The van der Waals surface area contributed by atoms with Crippen LogP contribution in [0.5, 0.6) is 0 Å². The van der Waals surface area contributed by atoms with Crippen molar-refractivity contribution in [1.29, 1.82) is 0 Å². The van der Waals surface area contributed by atoms with Gasteiger partial charge in [0, 0.05) is 0 Å². The summed E-state index contributed by atoms with van der Waals surface area (Å²) in [5.74, 6) is 0.616. The summed E-state index contributed by atoms with van der Waals surface area (Å²) in [7, 11) is 0. The highest BCUT2D eigenvalue weighted by molar-refractivity contribution is 5.16. The van der Waals surface area contributed by atoms with Gasteiger partial charge in [-0.25, -0.2) is 0 Å². The molecule has 2 rings (SSSR count). The molecule has 1 aromatic heterocycles. The van der Waals surface area contributed by atoms with E-state index in [4.69, 9.17) is 4.42 Å². The van der Waals surface area contributed by atoms with Crippen LogP contribution in [0.1, 0.15) is 18.1 Å². The van der Waals surface area contributed by atoms with Gasteiger partial charge in [-0.2, -0.15) is 0 Å². The topological polar surface area (TPSA) is 25.2 Å². The number of benzene rings is 1. The lowest BCUT2D eigenvalue weighted by Crippen LogP contribution is -2.25. The fourth-order valence-corrected chi connectivity index (χ4v) is 2.25. The fourth-order valence-electron chi connectivity index (χ4n) is 2.25. The molecule has 2 nitrogen and oxygen atoms in total. The zero-order valence-corrected chi connectivity index (χ0v) is 10.9. The van der Waals surface area contributed by atoms with Gasteiger partial charge in [-0.15, -0.1) is 0 Å². The molecule has 0 amide bonds. The summed E-state index contributed by atoms with van der Waals surface area (Å²) < 4.78 is 5.15. The molecule has 96 valence electrons. The van der Waals surface area contributed by atoms with Crippen molar-refractivity contribution in [1.82, 2.24) is 5.32 Å². The Balaban J connectivity index is 1.96. The Morgan fingerprint density at radius 3 is 2.50 bits per heavy atom. The van der Waals surface area contributed by atoms with Crippen molar-refractivity contribution < 1.29 is 4.42 Å². The number of nitrogens with one attached hydrogen (secondary N) is 1. The fraction of sp³-hybridized carbons (Fsp3) is 0.375. The van der Waals surface area contributed by atoms with Gasteiger partial charge in [0.2, 0.25) is 0 Å². The Bertz CT molecular complexity index is 422. The number of rotatable bonds is 7. The van der Waals surface area contributed by atoms with Gasteiger partial charge in [-0.05, 0) is 49.0 Å². The van der Waals surface area contributed by atoms with Crippen molar-refractivity contribution >= 4 is 0 Å². The van der Waals surface area contributed by atoms with Crippen LogP contribution in [0.4, 0.5) is 0 Å². The monoisotopic (exact) mass is 243 g/mol. The van der Waals surface area contributed by atoms with Crippen LogP contribution in [0.2, 0.25) is 0 Å². The van der Waals surface area contributed by atoms with Gasteiger partial charge in [-0.3, -0.25) is 0 Å². The lowest BCUT2D eigenvalue weighted by atomic mass is 9.93. The van der Waals surface area contributed by atoms with E-state index < -0.39 is 0 Å². The third-order valence-corrected chi connectivity index (χ3v) is 3.15. The van der Waals surface area contributed by atoms with Crippen LogP contribution >= 0.6 is 0 Å². The first-order chi connectivity index (χ1) is 8.88. The molecule has 1 atom stereocenters. The molecular weight excluding hydrogens is 222 g/mol. The first-order valence-corrected chi connectivity index (χ1v) is 6.64. The molecule has 2 heteroatoms. The van der Waals surface area contributed by atoms with E-state index in [1.807, 2.05) is 6.26 Å². The molecule has 0 aliphatic carbocycles. The van der Waals surface area contributed by atoms with Gasteiger partial charge in [0.05, 0.1) is 12.5 Å². The summed E-state index contributed by atoms with van der Waals surface area (Å²) in [4.78, 5) is 0. The molecule has 0 bridgehead atoms. The van der Waals surface area contributed by atoms with Gasteiger partial charge in [-0.1, -0.05) is 37.3 Å². The third-order valence-electron chi connectivity index (χ3n) is 3.15. The van der Waals surface area contributed by atoms with Crippen LogP contribution in [0, 0.1) is 5.92 Å². The summed E-state index contributed by atoms with van der Waals surface area (Å²) in [5.41, 5.74) is 2.69. The number of furan rings is 1. The zero-order valence-electron chi connectivity index (χ0n) is 10.9. The molecule has 0 fully saturated rings. The summed E-state index contributed by atoms with van der Waals surface area (Å²) in [6.07, 6.45) is 5.78. The molecule has 0 radical (unpaired) electrons. The second kappa shape index (κ2) is 7.02. The van der Waals surface area contributed by atoms with Crippen molar-refractivity contribution in [2.24, 2.45) is 5.92 Å². The number of hydrogen-bond acceptors (Lipinski definition) is 2. The molecule has 1 N–H and O–H groups in total. The van der Waals surface area contributed by atoms with E-state index in [1.54, 1.807) is 6.26 Å². The lowest BCUT2D eigenvalue weighted by molar-refractivity contribution is 0.474. The standard InChI is InChI=1S/C16H21NO/c1-2-17-12-16(11-15-8-9-18-13-15)10-14-6-4-3-5-7-14/h3-9,13,16-17H,2,10-12H2,1H3. The first-order valence-electron chi connectivity index (χ1n) is 6.64. The van der Waals surface area contributed by atoms with E-state index in [0.29, 0.717) is 5.92 Å². The van der Waals surface area contributed by atoms with Crippen LogP contribution in [-0.4, -0.2) is 13.1 Å². The van der Waals surface area contributed by atoms with E-state index in [0.717, 1.165) is 25.9 Å². The quantitative estimate of drug-likeness (QED) is 0.807. The lowest BCUT2D eigenvalue weighted by Gasteiger charge is -2.16. The molecule has 1 aromatic carbocycles. The minimum Gasteiger partial charge on any atom is -0.472 e. The third kappa shape index (κ3) is 4.04. The second-order valence-corrected chi connectivity index (χ2v) is 4.70. The van der Waals surface area contributed by atoms with Crippen LogP contribution in [0.15, 0.2) is 53.3 Å². The molecule has 18 heavy (non-hydrogen) atoms. The average Bonchev–Trinajstić information content (AvgIpc) is 2.90. The van der Waals surface area contributed by atoms with Gasteiger partial charge in [0.15, 0.2) is 0 Å². The highest BCUT2D eigenvalue weighted by Gasteiger charge is 2.11. The molecule has 1 heterocycles. The predicted octanol–water partition coefficient (Wildman–Crippen LogP) is 3.29. The van der Waals surface area contributed by atoms with Gasteiger partial charge in [0.1, 0.15) is 0 Å². The van der Waals surface area contributed by atoms with Crippen LogP contribution in [-0.2, 0) is 12.8 Å². The minimum atomic E-state index is 0.616.